The van der Waals surface area contributed by atoms with Gasteiger partial charge in [-0.3, -0.25) is 4.79 Å². The monoisotopic (exact) mass is 309 g/mol. The number of carboxylic acids is 1. The number of carboxylic acid groups (broad SMARTS) is 1. The molecule has 3 nitrogen and oxygen atoms in total. The maximum Gasteiger partial charge on any atom is 0.306 e. The highest BCUT2D eigenvalue weighted by atomic mass is 79.9. The normalized spacial score (nSPS) is 30.5. The van der Waals surface area contributed by atoms with E-state index in [0.29, 0.717) is 12.1 Å². The van der Waals surface area contributed by atoms with E-state index in [1.54, 1.807) is 0 Å². The second-order valence-electron chi connectivity index (χ2n) is 5.28. The molecule has 1 aromatic rings. The fraction of sp³-hybridized carbons (Fsp3) is 0.500. The molecule has 2 bridgehead atoms. The van der Waals surface area contributed by atoms with E-state index < -0.39 is 5.97 Å². The molecule has 2 atom stereocenters. The van der Waals surface area contributed by atoms with Crippen LogP contribution in [-0.4, -0.2) is 23.2 Å². The number of hydrogen-bond acceptors (Lipinski definition) is 2. The van der Waals surface area contributed by atoms with Gasteiger partial charge in [0.15, 0.2) is 0 Å². The first-order valence-corrected chi connectivity index (χ1v) is 7.21. The molecule has 0 aromatic heterocycles. The number of halogens is 1. The summed E-state index contributed by atoms with van der Waals surface area (Å²) in [5.41, 5.74) is 1.23. The van der Waals surface area contributed by atoms with Crippen molar-refractivity contribution in [2.45, 2.75) is 37.8 Å². The summed E-state index contributed by atoms with van der Waals surface area (Å²) in [6, 6.07) is 9.17. The molecule has 0 radical (unpaired) electrons. The summed E-state index contributed by atoms with van der Waals surface area (Å²) in [4.78, 5) is 13.6. The van der Waals surface area contributed by atoms with Gasteiger partial charge in [0.1, 0.15) is 0 Å². The van der Waals surface area contributed by atoms with Crippen LogP contribution in [0.1, 0.15) is 25.7 Å². The topological polar surface area (TPSA) is 40.5 Å². The van der Waals surface area contributed by atoms with E-state index in [2.05, 4.69) is 45.1 Å². The number of piperidine rings is 1. The number of rotatable bonds is 2. The molecular formula is C14H16BrNO2. The first kappa shape index (κ1) is 12.0. The Labute approximate surface area is 115 Å². The van der Waals surface area contributed by atoms with Crippen LogP contribution in [-0.2, 0) is 4.79 Å². The second-order valence-corrected chi connectivity index (χ2v) is 6.19. The maximum absolute atomic E-state index is 11.1. The van der Waals surface area contributed by atoms with Crippen molar-refractivity contribution in [3.63, 3.8) is 0 Å². The molecule has 1 N–H and O–H groups in total. The molecule has 1 aromatic carbocycles. The molecule has 2 unspecified atom stereocenters. The minimum absolute atomic E-state index is 0.144. The molecule has 4 heteroatoms. The summed E-state index contributed by atoms with van der Waals surface area (Å²) < 4.78 is 1.08. The van der Waals surface area contributed by atoms with Crippen LogP contribution >= 0.6 is 15.9 Å². The number of fused-ring (bicyclic) bond motifs is 2. The van der Waals surface area contributed by atoms with Gasteiger partial charge in [-0.1, -0.05) is 15.9 Å². The molecule has 0 saturated carbocycles. The Hall–Kier alpha value is -1.03. The molecule has 2 saturated heterocycles. The molecule has 0 aliphatic carbocycles. The van der Waals surface area contributed by atoms with Gasteiger partial charge in [0.25, 0.3) is 0 Å². The van der Waals surface area contributed by atoms with Crippen LogP contribution in [0, 0.1) is 5.92 Å². The van der Waals surface area contributed by atoms with Crippen LogP contribution in [0.25, 0.3) is 0 Å². The van der Waals surface area contributed by atoms with E-state index in [4.69, 9.17) is 0 Å². The van der Waals surface area contributed by atoms with Gasteiger partial charge in [-0.05, 0) is 49.9 Å². The number of benzene rings is 1. The van der Waals surface area contributed by atoms with E-state index in [1.807, 2.05) is 0 Å². The van der Waals surface area contributed by atoms with Gasteiger partial charge >= 0.3 is 5.97 Å². The summed E-state index contributed by atoms with van der Waals surface area (Å²) in [5, 5.41) is 9.17. The predicted molar refractivity (Wildman–Crippen MR) is 73.8 cm³/mol. The highest BCUT2D eigenvalue weighted by molar-refractivity contribution is 9.10. The number of nitrogens with zero attached hydrogens (tertiary/aromatic N) is 1. The smallest absolute Gasteiger partial charge is 0.306 e. The van der Waals surface area contributed by atoms with Crippen LogP contribution in [0.5, 0.6) is 0 Å². The van der Waals surface area contributed by atoms with Crippen molar-refractivity contribution in [1.29, 1.82) is 0 Å². The molecule has 0 amide bonds. The Bertz CT molecular complexity index is 445. The van der Waals surface area contributed by atoms with Crippen LogP contribution in [0.3, 0.4) is 0 Å². The number of anilines is 1. The zero-order valence-electron chi connectivity index (χ0n) is 10.1. The molecule has 18 heavy (non-hydrogen) atoms. The average molecular weight is 310 g/mol. The maximum atomic E-state index is 11.1. The predicted octanol–water partition coefficient (Wildman–Crippen LogP) is 3.28. The fourth-order valence-electron chi connectivity index (χ4n) is 3.41. The Morgan fingerprint density at radius 3 is 2.22 bits per heavy atom. The van der Waals surface area contributed by atoms with Crippen LogP contribution in [0.15, 0.2) is 28.7 Å². The van der Waals surface area contributed by atoms with E-state index in [0.717, 1.165) is 30.2 Å². The lowest BCUT2D eigenvalue weighted by molar-refractivity contribution is -0.142. The van der Waals surface area contributed by atoms with Gasteiger partial charge in [0, 0.05) is 22.2 Å². The van der Waals surface area contributed by atoms with Crippen LogP contribution in [0.2, 0.25) is 0 Å². The molecule has 0 spiro atoms. The van der Waals surface area contributed by atoms with Crippen molar-refractivity contribution in [3.8, 4) is 0 Å². The van der Waals surface area contributed by atoms with Crippen molar-refractivity contribution in [2.24, 2.45) is 5.92 Å². The SMILES string of the molecule is O=C(O)C1CC2CCC(C1)N2c1ccc(Br)cc1. The minimum Gasteiger partial charge on any atom is -0.481 e. The number of hydrogen-bond donors (Lipinski definition) is 1. The minimum atomic E-state index is -0.623. The van der Waals surface area contributed by atoms with Crippen molar-refractivity contribution >= 4 is 27.6 Å². The van der Waals surface area contributed by atoms with Crippen molar-refractivity contribution in [3.05, 3.63) is 28.7 Å². The van der Waals surface area contributed by atoms with Crippen molar-refractivity contribution in [1.82, 2.24) is 0 Å². The Morgan fingerprint density at radius 2 is 1.72 bits per heavy atom. The third-order valence-electron chi connectivity index (χ3n) is 4.21. The lowest BCUT2D eigenvalue weighted by Gasteiger charge is -2.39. The third-order valence-corrected chi connectivity index (χ3v) is 4.74. The third kappa shape index (κ3) is 2.03. The second kappa shape index (κ2) is 4.57. The van der Waals surface area contributed by atoms with Gasteiger partial charge < -0.3 is 10.0 Å². The Balaban J connectivity index is 1.83. The molecule has 2 aliphatic heterocycles. The summed E-state index contributed by atoms with van der Waals surface area (Å²) in [6.45, 7) is 0. The molecule has 2 aliphatic rings. The van der Waals surface area contributed by atoms with E-state index in [9.17, 15) is 9.90 Å². The van der Waals surface area contributed by atoms with Crippen molar-refractivity contribution in [2.75, 3.05) is 4.90 Å². The summed E-state index contributed by atoms with van der Waals surface area (Å²) in [5.74, 6) is -0.767. The first-order valence-electron chi connectivity index (χ1n) is 6.42. The van der Waals surface area contributed by atoms with Gasteiger partial charge in [-0.2, -0.15) is 0 Å². The lowest BCUT2D eigenvalue weighted by atomic mass is 9.90. The van der Waals surface area contributed by atoms with Gasteiger partial charge in [-0.15, -0.1) is 0 Å². The van der Waals surface area contributed by atoms with Gasteiger partial charge in [0.2, 0.25) is 0 Å². The molecular weight excluding hydrogens is 294 g/mol. The van der Waals surface area contributed by atoms with E-state index in [1.165, 1.54) is 5.69 Å². The zero-order chi connectivity index (χ0) is 12.7. The average Bonchev–Trinajstić information content (AvgIpc) is 2.61. The van der Waals surface area contributed by atoms with E-state index >= 15 is 0 Å². The molecule has 2 heterocycles. The van der Waals surface area contributed by atoms with Gasteiger partial charge in [0.05, 0.1) is 5.92 Å². The zero-order valence-corrected chi connectivity index (χ0v) is 11.6. The highest BCUT2D eigenvalue weighted by Gasteiger charge is 2.42. The number of carbonyl (C=O) groups is 1. The Morgan fingerprint density at radius 1 is 1.17 bits per heavy atom. The quantitative estimate of drug-likeness (QED) is 0.911. The largest absolute Gasteiger partial charge is 0.481 e. The van der Waals surface area contributed by atoms with Crippen LogP contribution in [0.4, 0.5) is 5.69 Å². The van der Waals surface area contributed by atoms with Crippen LogP contribution < -0.4 is 4.90 Å². The van der Waals surface area contributed by atoms with E-state index in [-0.39, 0.29) is 5.92 Å². The standard InChI is InChI=1S/C14H16BrNO2/c15-10-1-3-11(4-2-10)16-12-5-6-13(16)8-9(7-12)14(17)18/h1-4,9,12-13H,5-8H2,(H,17,18). The molecule has 3 rings (SSSR count). The summed E-state index contributed by atoms with van der Waals surface area (Å²) in [6.07, 6.45) is 3.85. The summed E-state index contributed by atoms with van der Waals surface area (Å²) in [7, 11) is 0. The Kier molecular flexibility index (Phi) is 3.06. The molecule has 2 fully saturated rings. The summed E-state index contributed by atoms with van der Waals surface area (Å²) >= 11 is 3.45. The fourth-order valence-corrected chi connectivity index (χ4v) is 3.68. The number of aliphatic carboxylic acids is 1. The lowest BCUT2D eigenvalue weighted by Crippen LogP contribution is -2.44. The molecule has 96 valence electrons. The first-order chi connectivity index (χ1) is 8.65. The highest BCUT2D eigenvalue weighted by Crippen LogP contribution is 2.41. The van der Waals surface area contributed by atoms with Crippen molar-refractivity contribution < 1.29 is 9.90 Å². The van der Waals surface area contributed by atoms with Gasteiger partial charge in [-0.25, -0.2) is 0 Å².